The van der Waals surface area contributed by atoms with E-state index in [1.807, 2.05) is 0 Å². The van der Waals surface area contributed by atoms with Gasteiger partial charge in [-0.3, -0.25) is 0 Å². The molecule has 1 atom stereocenters. The second-order valence-electron chi connectivity index (χ2n) is 2.54. The van der Waals surface area contributed by atoms with E-state index in [4.69, 9.17) is 14.9 Å². The molecule has 68 valence electrons. The van der Waals surface area contributed by atoms with Gasteiger partial charge in [-0.05, 0) is 12.8 Å². The summed E-state index contributed by atoms with van der Waals surface area (Å²) in [5, 5.41) is 17.2. The van der Waals surface area contributed by atoms with Crippen LogP contribution >= 0.6 is 0 Å². The lowest BCUT2D eigenvalue weighted by Crippen LogP contribution is -2.18. The van der Waals surface area contributed by atoms with Gasteiger partial charge < -0.3 is 14.9 Å². The van der Waals surface area contributed by atoms with Crippen molar-refractivity contribution in [2.75, 3.05) is 19.8 Å². The van der Waals surface area contributed by atoms with Gasteiger partial charge in [-0.25, -0.2) is 0 Å². The molecule has 0 aromatic rings. The fraction of sp³-hybridized carbons (Fsp3) is 1.00. The number of ether oxygens (including phenoxy) is 1. The molecular formula is C8H18O3. The molecule has 0 aliphatic heterocycles. The summed E-state index contributed by atoms with van der Waals surface area (Å²) in [5.41, 5.74) is 0. The van der Waals surface area contributed by atoms with Crippen LogP contribution in [0.1, 0.15) is 26.2 Å². The third-order valence-electron chi connectivity index (χ3n) is 1.47. The Morgan fingerprint density at radius 2 is 2.09 bits per heavy atom. The second-order valence-corrected chi connectivity index (χ2v) is 2.54. The van der Waals surface area contributed by atoms with E-state index in [9.17, 15) is 0 Å². The van der Waals surface area contributed by atoms with Gasteiger partial charge in [-0.1, -0.05) is 13.3 Å². The highest BCUT2D eigenvalue weighted by Crippen LogP contribution is 2.01. The molecule has 0 spiro atoms. The van der Waals surface area contributed by atoms with Crippen LogP contribution in [0.3, 0.4) is 0 Å². The van der Waals surface area contributed by atoms with Crippen LogP contribution in [-0.2, 0) is 4.74 Å². The Hall–Kier alpha value is -0.120. The van der Waals surface area contributed by atoms with E-state index in [2.05, 4.69) is 6.92 Å². The van der Waals surface area contributed by atoms with Crippen molar-refractivity contribution in [2.24, 2.45) is 0 Å². The van der Waals surface area contributed by atoms with Crippen LogP contribution in [0.2, 0.25) is 0 Å². The number of rotatable bonds is 7. The normalized spacial score (nSPS) is 13.4. The first-order valence-electron chi connectivity index (χ1n) is 4.18. The van der Waals surface area contributed by atoms with E-state index >= 15 is 0 Å². The first-order chi connectivity index (χ1) is 5.35. The van der Waals surface area contributed by atoms with E-state index in [1.54, 1.807) is 0 Å². The Labute approximate surface area is 68.0 Å². The molecule has 0 bridgehead atoms. The molecule has 0 aromatic heterocycles. The fourth-order valence-corrected chi connectivity index (χ4v) is 0.864. The zero-order valence-corrected chi connectivity index (χ0v) is 7.12. The third-order valence-corrected chi connectivity index (χ3v) is 1.47. The minimum atomic E-state index is -0.0356. The SMILES string of the molecule is CCCC(CO)OCCCO. The van der Waals surface area contributed by atoms with Crippen molar-refractivity contribution in [3.63, 3.8) is 0 Å². The van der Waals surface area contributed by atoms with Crippen LogP contribution in [0.4, 0.5) is 0 Å². The summed E-state index contributed by atoms with van der Waals surface area (Å²) in [5.74, 6) is 0. The van der Waals surface area contributed by atoms with Crippen molar-refractivity contribution in [1.29, 1.82) is 0 Å². The molecular weight excluding hydrogens is 144 g/mol. The number of hydrogen-bond donors (Lipinski definition) is 2. The van der Waals surface area contributed by atoms with Crippen LogP contribution in [0, 0.1) is 0 Å². The zero-order valence-electron chi connectivity index (χ0n) is 7.12. The molecule has 0 aliphatic carbocycles. The largest absolute Gasteiger partial charge is 0.396 e. The van der Waals surface area contributed by atoms with E-state index in [-0.39, 0.29) is 19.3 Å². The molecule has 0 heterocycles. The van der Waals surface area contributed by atoms with Crippen LogP contribution in [0.5, 0.6) is 0 Å². The van der Waals surface area contributed by atoms with Crippen molar-refractivity contribution in [1.82, 2.24) is 0 Å². The van der Waals surface area contributed by atoms with Crippen LogP contribution in [0.25, 0.3) is 0 Å². The van der Waals surface area contributed by atoms with Crippen molar-refractivity contribution in [3.05, 3.63) is 0 Å². The van der Waals surface area contributed by atoms with Crippen molar-refractivity contribution in [3.8, 4) is 0 Å². The second kappa shape index (κ2) is 7.98. The van der Waals surface area contributed by atoms with Crippen molar-refractivity contribution >= 4 is 0 Å². The molecule has 0 rings (SSSR count). The van der Waals surface area contributed by atoms with E-state index in [0.29, 0.717) is 13.0 Å². The summed E-state index contributed by atoms with van der Waals surface area (Å²) in [4.78, 5) is 0. The first-order valence-corrected chi connectivity index (χ1v) is 4.18. The Morgan fingerprint density at radius 1 is 1.36 bits per heavy atom. The van der Waals surface area contributed by atoms with Gasteiger partial charge in [0, 0.05) is 13.2 Å². The molecule has 0 aliphatic rings. The standard InChI is InChI=1S/C8H18O3/c1-2-4-8(7-10)11-6-3-5-9/h8-10H,2-7H2,1H3. The third kappa shape index (κ3) is 6.28. The predicted molar refractivity (Wildman–Crippen MR) is 43.4 cm³/mol. The van der Waals surface area contributed by atoms with Gasteiger partial charge >= 0.3 is 0 Å². The summed E-state index contributed by atoms with van der Waals surface area (Å²) in [6.45, 7) is 2.84. The average molecular weight is 162 g/mol. The molecule has 0 radical (unpaired) electrons. The lowest BCUT2D eigenvalue weighted by Gasteiger charge is -2.13. The molecule has 1 unspecified atom stereocenters. The van der Waals surface area contributed by atoms with Gasteiger partial charge in [-0.2, -0.15) is 0 Å². The lowest BCUT2D eigenvalue weighted by molar-refractivity contribution is 0.00235. The lowest BCUT2D eigenvalue weighted by atomic mass is 10.2. The van der Waals surface area contributed by atoms with E-state index in [0.717, 1.165) is 12.8 Å². The molecule has 11 heavy (non-hydrogen) atoms. The topological polar surface area (TPSA) is 49.7 Å². The zero-order chi connectivity index (χ0) is 8.53. The predicted octanol–water partition coefficient (Wildman–Crippen LogP) is 0.546. The van der Waals surface area contributed by atoms with Gasteiger partial charge in [0.25, 0.3) is 0 Å². The van der Waals surface area contributed by atoms with Gasteiger partial charge in [0.1, 0.15) is 0 Å². The van der Waals surface area contributed by atoms with Crippen LogP contribution in [-0.4, -0.2) is 36.1 Å². The summed E-state index contributed by atoms with van der Waals surface area (Å²) in [6, 6.07) is 0. The molecule has 0 saturated heterocycles. The molecule has 0 fully saturated rings. The Morgan fingerprint density at radius 3 is 2.55 bits per heavy atom. The Balaban J connectivity index is 3.20. The molecule has 0 aromatic carbocycles. The first kappa shape index (κ1) is 10.9. The smallest absolute Gasteiger partial charge is 0.0805 e. The summed E-state index contributed by atoms with van der Waals surface area (Å²) in [7, 11) is 0. The van der Waals surface area contributed by atoms with Crippen molar-refractivity contribution < 1.29 is 14.9 Å². The quantitative estimate of drug-likeness (QED) is 0.537. The van der Waals surface area contributed by atoms with E-state index in [1.165, 1.54) is 0 Å². The van der Waals surface area contributed by atoms with Gasteiger partial charge in [0.2, 0.25) is 0 Å². The van der Waals surface area contributed by atoms with Gasteiger partial charge in [0.15, 0.2) is 0 Å². The number of aliphatic hydroxyl groups excluding tert-OH is 2. The van der Waals surface area contributed by atoms with Gasteiger partial charge in [0.05, 0.1) is 12.7 Å². The number of hydrogen-bond acceptors (Lipinski definition) is 3. The monoisotopic (exact) mass is 162 g/mol. The molecule has 3 heteroatoms. The summed E-state index contributed by atoms with van der Waals surface area (Å²) in [6.07, 6.45) is 2.53. The Kier molecular flexibility index (Phi) is 7.89. The van der Waals surface area contributed by atoms with Gasteiger partial charge in [-0.15, -0.1) is 0 Å². The maximum absolute atomic E-state index is 8.77. The fourth-order valence-electron chi connectivity index (χ4n) is 0.864. The van der Waals surface area contributed by atoms with Crippen LogP contribution in [0.15, 0.2) is 0 Å². The average Bonchev–Trinajstić information content (AvgIpc) is 2.03. The number of aliphatic hydroxyl groups is 2. The highest BCUT2D eigenvalue weighted by molar-refractivity contribution is 4.53. The van der Waals surface area contributed by atoms with Crippen molar-refractivity contribution in [2.45, 2.75) is 32.3 Å². The Bertz CT molecular complexity index is 75.7. The minimum Gasteiger partial charge on any atom is -0.396 e. The molecule has 0 saturated carbocycles. The van der Waals surface area contributed by atoms with E-state index < -0.39 is 0 Å². The summed E-state index contributed by atoms with van der Waals surface area (Å²) >= 11 is 0. The minimum absolute atomic E-state index is 0.0356. The highest BCUT2D eigenvalue weighted by Gasteiger charge is 2.04. The highest BCUT2D eigenvalue weighted by atomic mass is 16.5. The maximum atomic E-state index is 8.77. The molecule has 2 N–H and O–H groups in total. The maximum Gasteiger partial charge on any atom is 0.0805 e. The van der Waals surface area contributed by atoms with Crippen LogP contribution < -0.4 is 0 Å². The molecule has 3 nitrogen and oxygen atoms in total. The molecule has 0 amide bonds. The summed E-state index contributed by atoms with van der Waals surface area (Å²) < 4.78 is 5.26.